The molecule has 1 aliphatic heterocycles. The number of amides is 1. The molecule has 1 fully saturated rings. The topological polar surface area (TPSA) is 93.2 Å². The van der Waals surface area contributed by atoms with Gasteiger partial charge < -0.3 is 10.1 Å². The second-order valence-electron chi connectivity index (χ2n) is 6.09. The maximum atomic E-state index is 12.1. The number of H-pyrrole nitrogens is 1. The molecule has 1 aromatic carbocycles. The highest BCUT2D eigenvalue weighted by atomic mass is 16.5. The summed E-state index contributed by atoms with van der Waals surface area (Å²) in [6.07, 6.45) is 2.19. The standard InChI is InChI=1S/C17H21N3O4/c1-11(14-7-4-10-24-14)18-15(21)8-9-20-13-6-3-2-5-12(13)16(22)19-17(20)23/h2-3,5-6,11,14H,4,7-10H2,1H3,(H,18,21)(H,19,22,23)/t11-,14-/m1/s1. The summed E-state index contributed by atoms with van der Waals surface area (Å²) in [4.78, 5) is 38.3. The second-order valence-corrected chi connectivity index (χ2v) is 6.09. The first-order valence-electron chi connectivity index (χ1n) is 8.19. The summed E-state index contributed by atoms with van der Waals surface area (Å²) in [5.74, 6) is -0.139. The summed E-state index contributed by atoms with van der Waals surface area (Å²) in [6, 6.07) is 6.81. The molecule has 1 aromatic heterocycles. The third-order valence-corrected chi connectivity index (χ3v) is 4.38. The molecule has 1 saturated heterocycles. The number of rotatable bonds is 5. The van der Waals surface area contributed by atoms with E-state index in [-0.39, 0.29) is 31.0 Å². The monoisotopic (exact) mass is 331 g/mol. The number of hydrogen-bond acceptors (Lipinski definition) is 4. The summed E-state index contributed by atoms with van der Waals surface area (Å²) in [7, 11) is 0. The van der Waals surface area contributed by atoms with Crippen LogP contribution in [-0.2, 0) is 16.1 Å². The lowest BCUT2D eigenvalue weighted by Crippen LogP contribution is -2.41. The molecule has 2 atom stereocenters. The minimum absolute atomic E-state index is 0.0518. The van der Waals surface area contributed by atoms with Crippen LogP contribution in [0, 0.1) is 0 Å². The van der Waals surface area contributed by atoms with Crippen LogP contribution in [0.5, 0.6) is 0 Å². The van der Waals surface area contributed by atoms with E-state index in [0.29, 0.717) is 10.9 Å². The van der Waals surface area contributed by atoms with Gasteiger partial charge in [-0.3, -0.25) is 19.1 Å². The first-order chi connectivity index (χ1) is 11.6. The van der Waals surface area contributed by atoms with Crippen LogP contribution in [0.4, 0.5) is 0 Å². The molecule has 3 rings (SSSR count). The summed E-state index contributed by atoms with van der Waals surface area (Å²) >= 11 is 0. The molecule has 2 N–H and O–H groups in total. The lowest BCUT2D eigenvalue weighted by Gasteiger charge is -2.20. The largest absolute Gasteiger partial charge is 0.376 e. The van der Waals surface area contributed by atoms with Crippen LogP contribution in [-0.4, -0.2) is 34.2 Å². The van der Waals surface area contributed by atoms with Gasteiger partial charge in [0, 0.05) is 19.6 Å². The van der Waals surface area contributed by atoms with Crippen LogP contribution in [0.15, 0.2) is 33.9 Å². The van der Waals surface area contributed by atoms with Crippen LogP contribution >= 0.6 is 0 Å². The Morgan fingerprint density at radius 2 is 2.21 bits per heavy atom. The van der Waals surface area contributed by atoms with Gasteiger partial charge in [-0.25, -0.2) is 4.79 Å². The van der Waals surface area contributed by atoms with E-state index in [9.17, 15) is 14.4 Å². The fourth-order valence-electron chi connectivity index (χ4n) is 3.09. The third kappa shape index (κ3) is 3.41. The number of carbonyl (C=O) groups is 1. The lowest BCUT2D eigenvalue weighted by atomic mass is 10.1. The number of nitrogens with zero attached hydrogens (tertiary/aromatic N) is 1. The molecule has 0 aliphatic carbocycles. The van der Waals surface area contributed by atoms with Gasteiger partial charge in [0.1, 0.15) is 0 Å². The number of benzene rings is 1. The third-order valence-electron chi connectivity index (χ3n) is 4.38. The Balaban J connectivity index is 1.70. The minimum atomic E-state index is -0.501. The molecule has 1 amide bonds. The maximum Gasteiger partial charge on any atom is 0.328 e. The first kappa shape index (κ1) is 16.4. The summed E-state index contributed by atoms with van der Waals surface area (Å²) < 4.78 is 6.98. The Morgan fingerprint density at radius 1 is 1.42 bits per heavy atom. The van der Waals surface area contributed by atoms with Crippen molar-refractivity contribution in [2.24, 2.45) is 0 Å². The average molecular weight is 331 g/mol. The normalized spacial score (nSPS) is 18.6. The zero-order valence-electron chi connectivity index (χ0n) is 13.6. The molecule has 7 heteroatoms. The van der Waals surface area contributed by atoms with Gasteiger partial charge in [-0.1, -0.05) is 12.1 Å². The molecule has 2 aromatic rings. The van der Waals surface area contributed by atoms with Crippen LogP contribution in [0.2, 0.25) is 0 Å². The number of ether oxygens (including phenoxy) is 1. The molecule has 0 radical (unpaired) electrons. The van der Waals surface area contributed by atoms with Gasteiger partial charge in [-0.05, 0) is 31.9 Å². The fourth-order valence-corrected chi connectivity index (χ4v) is 3.09. The average Bonchev–Trinajstić information content (AvgIpc) is 3.09. The van der Waals surface area contributed by atoms with E-state index < -0.39 is 11.2 Å². The van der Waals surface area contributed by atoms with Gasteiger partial charge in [0.05, 0.1) is 23.0 Å². The fraction of sp³-hybridized carbons (Fsp3) is 0.471. The number of hydrogen-bond donors (Lipinski definition) is 2. The number of para-hydroxylation sites is 1. The summed E-state index contributed by atoms with van der Waals surface area (Å²) in [5.41, 5.74) is -0.381. The van der Waals surface area contributed by atoms with Crippen molar-refractivity contribution in [1.82, 2.24) is 14.9 Å². The molecule has 2 heterocycles. The summed E-state index contributed by atoms with van der Waals surface area (Å²) in [6.45, 7) is 2.87. The predicted octanol–water partition coefficient (Wildman–Crippen LogP) is 0.764. The van der Waals surface area contributed by atoms with Crippen molar-refractivity contribution in [1.29, 1.82) is 0 Å². The van der Waals surface area contributed by atoms with E-state index in [1.807, 2.05) is 6.92 Å². The minimum Gasteiger partial charge on any atom is -0.376 e. The van der Waals surface area contributed by atoms with Gasteiger partial charge in [0.25, 0.3) is 5.56 Å². The smallest absolute Gasteiger partial charge is 0.328 e. The quantitative estimate of drug-likeness (QED) is 0.846. The highest BCUT2D eigenvalue weighted by Crippen LogP contribution is 2.15. The van der Waals surface area contributed by atoms with Crippen LogP contribution < -0.4 is 16.6 Å². The van der Waals surface area contributed by atoms with Crippen molar-refractivity contribution in [2.75, 3.05) is 6.61 Å². The molecule has 0 unspecified atom stereocenters. The molecule has 24 heavy (non-hydrogen) atoms. The van der Waals surface area contributed by atoms with Gasteiger partial charge in [0.2, 0.25) is 5.91 Å². The lowest BCUT2D eigenvalue weighted by molar-refractivity contribution is -0.122. The van der Waals surface area contributed by atoms with E-state index in [4.69, 9.17) is 4.74 Å². The van der Waals surface area contributed by atoms with Crippen molar-refractivity contribution in [3.05, 3.63) is 45.1 Å². The Labute approximate surface area is 138 Å². The number of nitrogens with one attached hydrogen (secondary N) is 2. The van der Waals surface area contributed by atoms with E-state index in [0.717, 1.165) is 19.4 Å². The second kappa shape index (κ2) is 7.00. The Morgan fingerprint density at radius 3 is 2.96 bits per heavy atom. The van der Waals surface area contributed by atoms with Gasteiger partial charge in [-0.15, -0.1) is 0 Å². The maximum absolute atomic E-state index is 12.1. The highest BCUT2D eigenvalue weighted by molar-refractivity contribution is 5.79. The highest BCUT2D eigenvalue weighted by Gasteiger charge is 2.23. The van der Waals surface area contributed by atoms with E-state index in [2.05, 4.69) is 10.3 Å². The molecule has 0 saturated carbocycles. The first-order valence-corrected chi connectivity index (χ1v) is 8.19. The van der Waals surface area contributed by atoms with Gasteiger partial charge >= 0.3 is 5.69 Å². The van der Waals surface area contributed by atoms with E-state index in [1.165, 1.54) is 4.57 Å². The Hall–Kier alpha value is -2.41. The number of aromatic amines is 1. The van der Waals surface area contributed by atoms with Crippen molar-refractivity contribution in [2.45, 2.75) is 44.9 Å². The molecule has 0 bridgehead atoms. The number of fused-ring (bicyclic) bond motifs is 1. The predicted molar refractivity (Wildman–Crippen MR) is 90.0 cm³/mol. The SMILES string of the molecule is C[C@@H](NC(=O)CCn1c(=O)[nH]c(=O)c2ccccc21)[C@H]1CCCO1. The number of aryl methyl sites for hydroxylation is 1. The zero-order chi connectivity index (χ0) is 17.1. The molecule has 0 spiro atoms. The van der Waals surface area contributed by atoms with Gasteiger partial charge in [-0.2, -0.15) is 0 Å². The van der Waals surface area contributed by atoms with Gasteiger partial charge in [0.15, 0.2) is 0 Å². The summed E-state index contributed by atoms with van der Waals surface area (Å²) in [5, 5.41) is 3.36. The van der Waals surface area contributed by atoms with E-state index in [1.54, 1.807) is 24.3 Å². The van der Waals surface area contributed by atoms with Crippen LogP contribution in [0.1, 0.15) is 26.2 Å². The molecule has 128 valence electrons. The van der Waals surface area contributed by atoms with Crippen molar-refractivity contribution >= 4 is 16.8 Å². The Bertz CT molecular complexity index is 849. The van der Waals surface area contributed by atoms with E-state index >= 15 is 0 Å². The molecule has 7 nitrogen and oxygen atoms in total. The number of aromatic nitrogens is 2. The van der Waals surface area contributed by atoms with Crippen molar-refractivity contribution < 1.29 is 9.53 Å². The van der Waals surface area contributed by atoms with Crippen molar-refractivity contribution in [3.63, 3.8) is 0 Å². The van der Waals surface area contributed by atoms with Crippen LogP contribution in [0.25, 0.3) is 10.9 Å². The molecule has 1 aliphatic rings. The van der Waals surface area contributed by atoms with Crippen molar-refractivity contribution in [3.8, 4) is 0 Å². The Kier molecular flexibility index (Phi) is 4.80. The molecular formula is C17H21N3O4. The molecular weight excluding hydrogens is 310 g/mol. The van der Waals surface area contributed by atoms with Crippen LogP contribution in [0.3, 0.4) is 0 Å². The zero-order valence-corrected chi connectivity index (χ0v) is 13.6. The number of carbonyl (C=O) groups excluding carboxylic acids is 1.